The van der Waals surface area contributed by atoms with E-state index >= 15 is 0 Å². The Labute approximate surface area is 95.6 Å². The van der Waals surface area contributed by atoms with E-state index in [-0.39, 0.29) is 16.7 Å². The van der Waals surface area contributed by atoms with Crippen molar-refractivity contribution in [3.63, 3.8) is 0 Å². The minimum absolute atomic E-state index is 0.0300. The molecule has 0 aliphatic carbocycles. The molecule has 82 valence electrons. The SMILES string of the molecule is Cc1noc(NC(=O)c2cccnc2Cl)n1. The van der Waals surface area contributed by atoms with E-state index in [0.29, 0.717) is 5.82 Å². The molecule has 0 radical (unpaired) electrons. The molecule has 0 aliphatic heterocycles. The Balaban J connectivity index is 2.18. The lowest BCUT2D eigenvalue weighted by Gasteiger charge is -2.00. The summed E-state index contributed by atoms with van der Waals surface area (Å²) in [6.45, 7) is 1.65. The lowest BCUT2D eigenvalue weighted by Crippen LogP contribution is -2.13. The second-order valence-electron chi connectivity index (χ2n) is 2.94. The number of hydrogen-bond acceptors (Lipinski definition) is 5. The number of carbonyl (C=O) groups excluding carboxylic acids is 1. The third kappa shape index (κ3) is 2.17. The number of amides is 1. The lowest BCUT2D eigenvalue weighted by molar-refractivity contribution is 0.102. The number of nitrogens with zero attached hydrogens (tertiary/aromatic N) is 3. The van der Waals surface area contributed by atoms with E-state index in [0.717, 1.165) is 0 Å². The molecule has 1 N–H and O–H groups in total. The molecule has 0 saturated carbocycles. The first-order valence-electron chi connectivity index (χ1n) is 4.39. The van der Waals surface area contributed by atoms with Gasteiger partial charge in [-0.1, -0.05) is 16.8 Å². The summed E-state index contributed by atoms with van der Waals surface area (Å²) >= 11 is 5.75. The zero-order chi connectivity index (χ0) is 11.5. The first-order valence-corrected chi connectivity index (χ1v) is 4.77. The standard InChI is InChI=1S/C9H7ClN4O2/c1-5-12-9(16-14-5)13-8(15)6-3-2-4-11-7(6)10/h2-4H,1H3,(H,12,13,14,15). The summed E-state index contributed by atoms with van der Waals surface area (Å²) in [5.74, 6) is -0.00525. The van der Waals surface area contributed by atoms with Crippen molar-refractivity contribution < 1.29 is 9.32 Å². The van der Waals surface area contributed by atoms with E-state index in [4.69, 9.17) is 16.1 Å². The van der Waals surface area contributed by atoms with Crippen LogP contribution in [0.25, 0.3) is 0 Å². The van der Waals surface area contributed by atoms with Crippen molar-refractivity contribution in [1.29, 1.82) is 0 Å². The molecule has 0 atom stereocenters. The van der Waals surface area contributed by atoms with Gasteiger partial charge in [0.2, 0.25) is 0 Å². The summed E-state index contributed by atoms with van der Waals surface area (Å²) in [7, 11) is 0. The largest absolute Gasteiger partial charge is 0.328 e. The van der Waals surface area contributed by atoms with Crippen molar-refractivity contribution in [2.45, 2.75) is 6.92 Å². The highest BCUT2D eigenvalue weighted by molar-refractivity contribution is 6.33. The molecule has 2 heterocycles. The quantitative estimate of drug-likeness (QED) is 0.805. The van der Waals surface area contributed by atoms with Crippen molar-refractivity contribution in [1.82, 2.24) is 15.1 Å². The van der Waals surface area contributed by atoms with Crippen LogP contribution in [0.15, 0.2) is 22.9 Å². The zero-order valence-corrected chi connectivity index (χ0v) is 9.02. The smallest absolute Gasteiger partial charge is 0.315 e. The molecule has 16 heavy (non-hydrogen) atoms. The van der Waals surface area contributed by atoms with Gasteiger partial charge in [0.1, 0.15) is 5.15 Å². The summed E-state index contributed by atoms with van der Waals surface area (Å²) in [6, 6.07) is 3.19. The molecule has 0 saturated heterocycles. The number of rotatable bonds is 2. The Hall–Kier alpha value is -1.95. The van der Waals surface area contributed by atoms with Crippen LogP contribution < -0.4 is 5.32 Å². The van der Waals surface area contributed by atoms with Crippen molar-refractivity contribution >= 4 is 23.5 Å². The summed E-state index contributed by atoms with van der Waals surface area (Å²) in [6.07, 6.45) is 1.50. The topological polar surface area (TPSA) is 80.9 Å². The van der Waals surface area contributed by atoms with Crippen LogP contribution in [0.3, 0.4) is 0 Å². The number of pyridine rings is 1. The fourth-order valence-corrected chi connectivity index (χ4v) is 1.27. The van der Waals surface area contributed by atoms with E-state index < -0.39 is 5.91 Å². The molecular weight excluding hydrogens is 232 g/mol. The van der Waals surface area contributed by atoms with Gasteiger partial charge in [0.05, 0.1) is 5.56 Å². The van der Waals surface area contributed by atoms with Crippen LogP contribution in [0.5, 0.6) is 0 Å². The maximum absolute atomic E-state index is 11.7. The minimum Gasteiger partial charge on any atom is -0.315 e. The molecule has 0 aliphatic rings. The van der Waals surface area contributed by atoms with Crippen molar-refractivity contribution in [2.75, 3.05) is 5.32 Å². The number of carbonyl (C=O) groups is 1. The molecule has 0 bridgehead atoms. The van der Waals surface area contributed by atoms with Gasteiger partial charge < -0.3 is 4.52 Å². The summed E-state index contributed by atoms with van der Waals surface area (Å²) in [4.78, 5) is 19.3. The van der Waals surface area contributed by atoms with Crippen molar-refractivity contribution in [3.8, 4) is 0 Å². The van der Waals surface area contributed by atoms with Crippen LogP contribution >= 0.6 is 11.6 Å². The van der Waals surface area contributed by atoms with E-state index in [1.54, 1.807) is 19.1 Å². The Kier molecular flexibility index (Phi) is 2.82. The second-order valence-corrected chi connectivity index (χ2v) is 3.30. The van der Waals surface area contributed by atoms with Gasteiger partial charge in [-0.25, -0.2) is 4.98 Å². The molecule has 2 rings (SSSR count). The van der Waals surface area contributed by atoms with Crippen LogP contribution in [0.4, 0.5) is 6.01 Å². The van der Waals surface area contributed by atoms with Crippen LogP contribution in [0.2, 0.25) is 5.15 Å². The van der Waals surface area contributed by atoms with Gasteiger partial charge in [-0.2, -0.15) is 4.98 Å². The Morgan fingerprint density at radius 3 is 3.00 bits per heavy atom. The van der Waals surface area contributed by atoms with Gasteiger partial charge in [0.25, 0.3) is 5.91 Å². The highest BCUT2D eigenvalue weighted by Crippen LogP contribution is 2.13. The average Bonchev–Trinajstić information content (AvgIpc) is 2.64. The van der Waals surface area contributed by atoms with Gasteiger partial charge in [-0.05, 0) is 19.1 Å². The third-order valence-electron chi connectivity index (χ3n) is 1.75. The molecule has 2 aromatic rings. The van der Waals surface area contributed by atoms with Gasteiger partial charge in [-0.3, -0.25) is 10.1 Å². The number of hydrogen-bond donors (Lipinski definition) is 1. The maximum Gasteiger partial charge on any atom is 0.328 e. The van der Waals surface area contributed by atoms with Gasteiger partial charge >= 0.3 is 6.01 Å². The molecule has 1 amide bonds. The third-order valence-corrected chi connectivity index (χ3v) is 2.05. The first kappa shape index (κ1) is 10.6. The fraction of sp³-hybridized carbons (Fsp3) is 0.111. The fourth-order valence-electron chi connectivity index (χ4n) is 1.07. The predicted molar refractivity (Wildman–Crippen MR) is 56.2 cm³/mol. The zero-order valence-electron chi connectivity index (χ0n) is 8.27. The van der Waals surface area contributed by atoms with Gasteiger partial charge in [0, 0.05) is 6.20 Å². The first-order chi connectivity index (χ1) is 7.66. The normalized spacial score (nSPS) is 10.1. The molecule has 0 aromatic carbocycles. The number of nitrogens with one attached hydrogen (secondary N) is 1. The summed E-state index contributed by atoms with van der Waals surface area (Å²) in [5, 5.41) is 6.07. The van der Waals surface area contributed by atoms with E-state index in [9.17, 15) is 4.79 Å². The van der Waals surface area contributed by atoms with E-state index in [1.807, 2.05) is 0 Å². The molecule has 6 nitrogen and oxygen atoms in total. The lowest BCUT2D eigenvalue weighted by atomic mass is 10.3. The average molecular weight is 239 g/mol. The van der Waals surface area contributed by atoms with Crippen molar-refractivity contribution in [3.05, 3.63) is 34.9 Å². The molecule has 0 fully saturated rings. The van der Waals surface area contributed by atoms with E-state index in [1.165, 1.54) is 6.20 Å². The molecule has 0 spiro atoms. The highest BCUT2D eigenvalue weighted by atomic mass is 35.5. The van der Waals surface area contributed by atoms with Gasteiger partial charge in [-0.15, -0.1) is 0 Å². The van der Waals surface area contributed by atoms with Crippen LogP contribution in [-0.2, 0) is 0 Å². The number of aromatic nitrogens is 3. The highest BCUT2D eigenvalue weighted by Gasteiger charge is 2.13. The van der Waals surface area contributed by atoms with Gasteiger partial charge in [0.15, 0.2) is 5.82 Å². The predicted octanol–water partition coefficient (Wildman–Crippen LogP) is 1.68. The number of halogens is 1. The minimum atomic E-state index is -0.443. The summed E-state index contributed by atoms with van der Waals surface area (Å²) in [5.41, 5.74) is 0.250. The Morgan fingerprint density at radius 2 is 2.38 bits per heavy atom. The van der Waals surface area contributed by atoms with E-state index in [2.05, 4.69) is 20.4 Å². The molecule has 7 heteroatoms. The Morgan fingerprint density at radius 1 is 1.56 bits per heavy atom. The second kappa shape index (κ2) is 4.28. The van der Waals surface area contributed by atoms with Crippen LogP contribution in [0, 0.1) is 6.92 Å². The number of anilines is 1. The molecular formula is C9H7ClN4O2. The Bertz CT molecular complexity index is 526. The van der Waals surface area contributed by atoms with Crippen LogP contribution in [0.1, 0.15) is 16.2 Å². The maximum atomic E-state index is 11.7. The van der Waals surface area contributed by atoms with Crippen molar-refractivity contribution in [2.24, 2.45) is 0 Å². The van der Waals surface area contributed by atoms with Crippen LogP contribution in [-0.4, -0.2) is 21.0 Å². The molecule has 2 aromatic heterocycles. The summed E-state index contributed by atoms with van der Waals surface area (Å²) < 4.78 is 4.74. The number of aryl methyl sites for hydroxylation is 1. The monoisotopic (exact) mass is 238 g/mol. The molecule has 0 unspecified atom stereocenters.